The average Bonchev–Trinajstić information content (AvgIpc) is 3.93. The Morgan fingerprint density at radius 1 is 0.787 bits per heavy atom. The number of rotatable bonds is 11. The number of carbonyl (C=O) groups is 1. The van der Waals surface area contributed by atoms with Crippen molar-refractivity contribution in [1.82, 2.24) is 40.8 Å². The lowest BCUT2D eigenvalue weighted by Crippen LogP contribution is -2.21. The lowest BCUT2D eigenvalue weighted by atomic mass is 10.0. The van der Waals surface area contributed by atoms with Crippen molar-refractivity contribution in [3.8, 4) is 0 Å². The summed E-state index contributed by atoms with van der Waals surface area (Å²) in [7, 11) is 1.56. The quantitative estimate of drug-likeness (QED) is 0.216. The summed E-state index contributed by atoms with van der Waals surface area (Å²) in [6.45, 7) is 3.93. The summed E-state index contributed by atoms with van der Waals surface area (Å²) in [5.41, 5.74) is 6.45. The number of nitrogens with zero attached hydrogens (tertiary/aromatic N) is 10. The van der Waals surface area contributed by atoms with E-state index in [-0.39, 0.29) is 12.2 Å². The number of Topliss-reactive ketones (excluding diaryl/α,β-unsaturated/α-hetero) is 1. The maximum Gasteiger partial charge on any atom is 0.203 e. The van der Waals surface area contributed by atoms with Gasteiger partial charge in [-0.3, -0.25) is 4.79 Å². The molecule has 1 aromatic carbocycles. The minimum absolute atomic E-state index is 0.00362. The molecule has 2 N–H and O–H groups in total. The first-order valence-corrected chi connectivity index (χ1v) is 17.2. The zero-order chi connectivity index (χ0) is 32.4. The highest BCUT2D eigenvalue weighted by Crippen LogP contribution is 2.28. The summed E-state index contributed by atoms with van der Waals surface area (Å²) >= 11 is 3.00. The number of anilines is 3. The van der Waals surface area contributed by atoms with Gasteiger partial charge in [-0.05, 0) is 54.5 Å². The SMILES string of the molecule is CO[C@@H](C(=O)Cc1nnc(C[C@@H]2CCN(c3cccnn3)C2)s1)c1ccccc1.Nc1nnc(C[C@@H]2CCN(c3cccnn3)C2)s1. The summed E-state index contributed by atoms with van der Waals surface area (Å²) in [5, 5.41) is 36.0. The molecule has 2 aliphatic rings. The second-order valence-electron chi connectivity index (χ2n) is 11.6. The van der Waals surface area contributed by atoms with Crippen molar-refractivity contribution in [3.05, 3.63) is 87.6 Å². The Morgan fingerprint density at radius 3 is 1.89 bits per heavy atom. The van der Waals surface area contributed by atoms with Gasteiger partial charge in [-0.25, -0.2) is 0 Å². The Labute approximate surface area is 281 Å². The van der Waals surface area contributed by atoms with Crippen molar-refractivity contribution in [1.29, 1.82) is 0 Å². The Morgan fingerprint density at radius 2 is 1.36 bits per heavy atom. The van der Waals surface area contributed by atoms with Crippen LogP contribution < -0.4 is 15.5 Å². The monoisotopic (exact) mass is 671 g/mol. The number of hydrogen-bond acceptors (Lipinski definition) is 15. The van der Waals surface area contributed by atoms with Crippen molar-refractivity contribution >= 4 is 45.2 Å². The van der Waals surface area contributed by atoms with Gasteiger partial charge in [-0.2, -0.15) is 10.2 Å². The predicted octanol–water partition coefficient (Wildman–Crippen LogP) is 3.88. The fourth-order valence-corrected chi connectivity index (χ4v) is 7.64. The lowest BCUT2D eigenvalue weighted by molar-refractivity contribution is -0.128. The smallest absolute Gasteiger partial charge is 0.203 e. The van der Waals surface area contributed by atoms with Crippen LogP contribution in [0.2, 0.25) is 0 Å². The van der Waals surface area contributed by atoms with Crippen LogP contribution in [0.1, 0.15) is 39.5 Å². The topological polar surface area (TPSA) is 162 Å². The van der Waals surface area contributed by atoms with Crippen molar-refractivity contribution in [2.45, 2.75) is 38.2 Å². The molecule has 0 saturated carbocycles. The summed E-state index contributed by atoms with van der Waals surface area (Å²) in [4.78, 5) is 17.2. The van der Waals surface area contributed by atoms with Crippen molar-refractivity contribution < 1.29 is 9.53 Å². The standard InChI is InChI=1S/C21H23N5O2S.C11H14N6S/c1-28-21(16-6-3-2-4-7-16)17(27)13-20-25-24-19(29-20)12-15-9-11-26(14-15)18-8-5-10-22-23-18;12-11-16-15-10(18-11)6-8-3-5-17(7-8)9-2-1-4-13-14-9/h2-8,10,15,21H,9,11-14H2,1H3;1-2,4,8H,3,5-7H2,(H2,12,16)/t15-,21+;8-/m00/s1. The number of ether oxygens (including phenoxy) is 1. The van der Waals surface area contributed by atoms with Crippen molar-refractivity contribution in [2.24, 2.45) is 11.8 Å². The molecule has 5 aromatic rings. The van der Waals surface area contributed by atoms with Crippen LogP contribution in [-0.2, 0) is 28.8 Å². The number of ketones is 1. The molecule has 0 unspecified atom stereocenters. The van der Waals surface area contributed by atoms with E-state index in [1.165, 1.54) is 22.7 Å². The zero-order valence-electron chi connectivity index (χ0n) is 26.1. The number of methoxy groups -OCH3 is 1. The third-order valence-electron chi connectivity index (χ3n) is 8.21. The maximum atomic E-state index is 12.7. The van der Waals surface area contributed by atoms with Crippen LogP contribution >= 0.6 is 22.7 Å². The third kappa shape index (κ3) is 8.87. The molecule has 47 heavy (non-hydrogen) atoms. The molecular weight excluding hydrogens is 635 g/mol. The normalized spacial score (nSPS) is 18.1. The van der Waals surface area contributed by atoms with Crippen LogP contribution in [0.3, 0.4) is 0 Å². The molecule has 3 atom stereocenters. The lowest BCUT2D eigenvalue weighted by Gasteiger charge is -2.15. The van der Waals surface area contributed by atoms with Crippen LogP contribution in [0.5, 0.6) is 0 Å². The van der Waals surface area contributed by atoms with Gasteiger partial charge in [0.2, 0.25) is 5.13 Å². The van der Waals surface area contributed by atoms with Crippen LogP contribution in [0.15, 0.2) is 67.0 Å². The second-order valence-corrected chi connectivity index (χ2v) is 13.8. The van der Waals surface area contributed by atoms with Gasteiger partial charge in [-0.15, -0.1) is 41.9 Å². The molecule has 13 nitrogen and oxygen atoms in total. The van der Waals surface area contributed by atoms with E-state index in [2.05, 4.69) is 50.6 Å². The van der Waals surface area contributed by atoms with E-state index < -0.39 is 6.10 Å². The van der Waals surface area contributed by atoms with Gasteiger partial charge in [0.05, 0.1) is 6.42 Å². The molecule has 15 heteroatoms. The molecular formula is C32H37N11O2S2. The molecule has 0 spiro atoms. The fraction of sp³-hybridized carbons (Fsp3) is 0.406. The molecule has 6 heterocycles. The summed E-state index contributed by atoms with van der Waals surface area (Å²) in [6, 6.07) is 17.4. The molecule has 0 bridgehead atoms. The predicted molar refractivity (Wildman–Crippen MR) is 181 cm³/mol. The molecule has 0 aliphatic carbocycles. The number of nitrogen functional groups attached to an aromatic ring is 1. The molecule has 7 rings (SSSR count). The number of aromatic nitrogens is 8. The second kappa shape index (κ2) is 15.9. The number of carbonyl (C=O) groups excluding carboxylic acids is 1. The van der Waals surface area contributed by atoms with Crippen LogP contribution in [0.4, 0.5) is 16.8 Å². The Balaban J connectivity index is 0.000000183. The van der Waals surface area contributed by atoms with Gasteiger partial charge >= 0.3 is 0 Å². The van der Waals surface area contributed by atoms with Crippen molar-refractivity contribution in [3.63, 3.8) is 0 Å². The summed E-state index contributed by atoms with van der Waals surface area (Å²) in [6.07, 6.45) is 7.11. The molecule has 2 aliphatic heterocycles. The van der Waals surface area contributed by atoms with Crippen LogP contribution in [-0.4, -0.2) is 79.9 Å². The molecule has 2 saturated heterocycles. The third-order valence-corrected chi connectivity index (χ3v) is 9.93. The molecule has 2 fully saturated rings. The molecule has 0 amide bonds. The highest BCUT2D eigenvalue weighted by Gasteiger charge is 2.27. The van der Waals surface area contributed by atoms with Gasteiger partial charge in [-0.1, -0.05) is 41.7 Å². The van der Waals surface area contributed by atoms with E-state index in [9.17, 15) is 4.79 Å². The molecule has 4 aromatic heterocycles. The Kier molecular flexibility index (Phi) is 11.0. The zero-order valence-corrected chi connectivity index (χ0v) is 27.8. The summed E-state index contributed by atoms with van der Waals surface area (Å²) < 4.78 is 5.43. The molecule has 0 radical (unpaired) electrons. The number of nitrogens with two attached hydrogens (primary N) is 1. The average molecular weight is 672 g/mol. The number of hydrogen-bond donors (Lipinski definition) is 1. The van der Waals surface area contributed by atoms with E-state index in [4.69, 9.17) is 10.5 Å². The Hall–Kier alpha value is -4.47. The first kappa shape index (κ1) is 32.5. The van der Waals surface area contributed by atoms with Gasteiger partial charge in [0.15, 0.2) is 17.4 Å². The maximum absolute atomic E-state index is 12.7. The van der Waals surface area contributed by atoms with E-state index in [0.717, 1.165) is 84.1 Å². The van der Waals surface area contributed by atoms with Crippen LogP contribution in [0.25, 0.3) is 0 Å². The first-order chi connectivity index (χ1) is 23.0. The first-order valence-electron chi connectivity index (χ1n) is 15.6. The van der Waals surface area contributed by atoms with Crippen LogP contribution in [0, 0.1) is 11.8 Å². The van der Waals surface area contributed by atoms with E-state index >= 15 is 0 Å². The van der Waals surface area contributed by atoms with E-state index in [1.807, 2.05) is 54.6 Å². The van der Waals surface area contributed by atoms with Gasteiger partial charge in [0.25, 0.3) is 0 Å². The highest BCUT2D eigenvalue weighted by molar-refractivity contribution is 7.15. The largest absolute Gasteiger partial charge is 0.374 e. The van der Waals surface area contributed by atoms with E-state index in [1.54, 1.807) is 19.5 Å². The Bertz CT molecular complexity index is 1690. The fourth-order valence-electron chi connectivity index (χ4n) is 5.95. The minimum atomic E-state index is -0.570. The highest BCUT2D eigenvalue weighted by atomic mass is 32.1. The van der Waals surface area contributed by atoms with Gasteiger partial charge < -0.3 is 20.3 Å². The number of benzene rings is 1. The summed E-state index contributed by atoms with van der Waals surface area (Å²) in [5.74, 6) is 2.97. The van der Waals surface area contributed by atoms with Gasteiger partial charge in [0, 0.05) is 58.5 Å². The van der Waals surface area contributed by atoms with Crippen molar-refractivity contribution in [2.75, 3.05) is 48.8 Å². The van der Waals surface area contributed by atoms with Gasteiger partial charge in [0.1, 0.15) is 21.1 Å². The molecule has 244 valence electrons. The minimum Gasteiger partial charge on any atom is -0.374 e. The van der Waals surface area contributed by atoms with E-state index in [0.29, 0.717) is 17.0 Å².